The summed E-state index contributed by atoms with van der Waals surface area (Å²) in [5.74, 6) is 1.09. The molecule has 0 saturated carbocycles. The molecular formula is C19H22O7. The Morgan fingerprint density at radius 3 is 2.65 bits per heavy atom. The van der Waals surface area contributed by atoms with Crippen LogP contribution in [0.1, 0.15) is 23.2 Å². The minimum atomic E-state index is -1.26. The summed E-state index contributed by atoms with van der Waals surface area (Å²) in [5.41, 5.74) is 2.03. The van der Waals surface area contributed by atoms with E-state index in [-0.39, 0.29) is 6.61 Å². The Balaban J connectivity index is 1.47. The molecule has 0 amide bonds. The molecule has 6 unspecified atom stereocenters. The van der Waals surface area contributed by atoms with Crippen LogP contribution in [-0.2, 0) is 14.2 Å². The van der Waals surface area contributed by atoms with Gasteiger partial charge in [0.05, 0.1) is 12.9 Å². The molecule has 3 heterocycles. The SMILES string of the molecule is Cc1ccc(OC2OC3COC(c4ccco4)OC3C(O)C2O)c(C)c1. The van der Waals surface area contributed by atoms with Gasteiger partial charge >= 0.3 is 0 Å². The topological polar surface area (TPSA) is 90.5 Å². The molecule has 7 nitrogen and oxygen atoms in total. The molecule has 2 N–H and O–H groups in total. The van der Waals surface area contributed by atoms with Gasteiger partial charge in [-0.25, -0.2) is 0 Å². The van der Waals surface area contributed by atoms with E-state index in [4.69, 9.17) is 23.4 Å². The smallest absolute Gasteiger partial charge is 0.229 e. The van der Waals surface area contributed by atoms with E-state index >= 15 is 0 Å². The number of rotatable bonds is 3. The molecular weight excluding hydrogens is 340 g/mol. The van der Waals surface area contributed by atoms with Crippen LogP contribution >= 0.6 is 0 Å². The Morgan fingerprint density at radius 2 is 1.92 bits per heavy atom. The molecule has 6 atom stereocenters. The van der Waals surface area contributed by atoms with Crippen molar-refractivity contribution in [1.82, 2.24) is 0 Å². The second kappa shape index (κ2) is 7.02. The van der Waals surface area contributed by atoms with E-state index in [1.54, 1.807) is 12.1 Å². The lowest BCUT2D eigenvalue weighted by molar-refractivity contribution is -0.352. The van der Waals surface area contributed by atoms with Crippen molar-refractivity contribution in [3.63, 3.8) is 0 Å². The summed E-state index contributed by atoms with van der Waals surface area (Å²) in [6.07, 6.45) is -3.97. The number of hydrogen-bond donors (Lipinski definition) is 2. The number of aliphatic hydroxyl groups excluding tert-OH is 2. The molecule has 2 saturated heterocycles. The summed E-state index contributed by atoms with van der Waals surface area (Å²) in [6.45, 7) is 4.09. The van der Waals surface area contributed by atoms with E-state index in [1.807, 2.05) is 32.0 Å². The van der Waals surface area contributed by atoms with Crippen LogP contribution in [0, 0.1) is 13.8 Å². The highest BCUT2D eigenvalue weighted by Gasteiger charge is 2.50. The average Bonchev–Trinajstić information content (AvgIpc) is 3.16. The van der Waals surface area contributed by atoms with Crippen molar-refractivity contribution in [2.75, 3.05) is 6.61 Å². The fraction of sp³-hybridized carbons (Fsp3) is 0.474. The first-order chi connectivity index (χ1) is 12.5. The minimum Gasteiger partial charge on any atom is -0.464 e. The number of hydrogen-bond acceptors (Lipinski definition) is 7. The zero-order chi connectivity index (χ0) is 18.3. The molecule has 0 bridgehead atoms. The lowest BCUT2D eigenvalue weighted by atomic mass is 9.98. The highest BCUT2D eigenvalue weighted by atomic mass is 16.8. The number of aliphatic hydroxyl groups is 2. The van der Waals surface area contributed by atoms with Gasteiger partial charge in [-0.05, 0) is 37.6 Å². The third-order valence-corrected chi connectivity index (χ3v) is 4.68. The molecule has 140 valence electrons. The van der Waals surface area contributed by atoms with Gasteiger partial charge < -0.3 is 33.6 Å². The first-order valence-electron chi connectivity index (χ1n) is 8.59. The fourth-order valence-corrected chi connectivity index (χ4v) is 3.30. The highest BCUT2D eigenvalue weighted by Crippen LogP contribution is 2.35. The lowest BCUT2D eigenvalue weighted by Crippen LogP contribution is -2.62. The monoisotopic (exact) mass is 362 g/mol. The molecule has 4 rings (SSSR count). The maximum Gasteiger partial charge on any atom is 0.229 e. The Hall–Kier alpha value is -1.90. The summed E-state index contributed by atoms with van der Waals surface area (Å²) in [7, 11) is 0. The van der Waals surface area contributed by atoms with Gasteiger partial charge in [0.1, 0.15) is 30.2 Å². The maximum atomic E-state index is 10.5. The quantitative estimate of drug-likeness (QED) is 0.861. The Bertz CT molecular complexity index is 742. The van der Waals surface area contributed by atoms with E-state index < -0.39 is 37.0 Å². The van der Waals surface area contributed by atoms with Gasteiger partial charge in [-0.1, -0.05) is 17.7 Å². The van der Waals surface area contributed by atoms with Crippen molar-refractivity contribution in [2.45, 2.75) is 50.8 Å². The van der Waals surface area contributed by atoms with Gasteiger partial charge in [0.2, 0.25) is 12.6 Å². The highest BCUT2D eigenvalue weighted by molar-refractivity contribution is 5.35. The second-order valence-corrected chi connectivity index (χ2v) is 6.69. The van der Waals surface area contributed by atoms with Crippen LogP contribution in [-0.4, -0.2) is 47.5 Å². The summed E-state index contributed by atoms with van der Waals surface area (Å²) in [6, 6.07) is 9.16. The predicted octanol–water partition coefficient (Wildman–Crippen LogP) is 1.84. The van der Waals surface area contributed by atoms with Crippen molar-refractivity contribution in [3.05, 3.63) is 53.5 Å². The van der Waals surface area contributed by atoms with Gasteiger partial charge in [0.15, 0.2) is 5.76 Å². The van der Waals surface area contributed by atoms with Crippen LogP contribution in [0.25, 0.3) is 0 Å². The molecule has 2 aromatic rings. The van der Waals surface area contributed by atoms with Crippen LogP contribution in [0.15, 0.2) is 41.0 Å². The number of benzene rings is 1. The minimum absolute atomic E-state index is 0.187. The van der Waals surface area contributed by atoms with Crippen LogP contribution in [0.2, 0.25) is 0 Å². The summed E-state index contributed by atoms with van der Waals surface area (Å²) >= 11 is 0. The van der Waals surface area contributed by atoms with Gasteiger partial charge in [-0.15, -0.1) is 0 Å². The zero-order valence-electron chi connectivity index (χ0n) is 14.6. The largest absolute Gasteiger partial charge is 0.464 e. The summed E-state index contributed by atoms with van der Waals surface area (Å²) < 4.78 is 28.3. The first kappa shape index (κ1) is 17.5. The van der Waals surface area contributed by atoms with Crippen LogP contribution < -0.4 is 4.74 Å². The number of furan rings is 1. The van der Waals surface area contributed by atoms with Crippen molar-refractivity contribution in [2.24, 2.45) is 0 Å². The number of aryl methyl sites for hydroxylation is 2. The van der Waals surface area contributed by atoms with E-state index in [1.165, 1.54) is 6.26 Å². The average molecular weight is 362 g/mol. The molecule has 0 aliphatic carbocycles. The van der Waals surface area contributed by atoms with E-state index in [0.29, 0.717) is 11.5 Å². The van der Waals surface area contributed by atoms with E-state index in [0.717, 1.165) is 11.1 Å². The third-order valence-electron chi connectivity index (χ3n) is 4.68. The van der Waals surface area contributed by atoms with Crippen molar-refractivity contribution in [1.29, 1.82) is 0 Å². The van der Waals surface area contributed by atoms with E-state index in [9.17, 15) is 10.2 Å². The summed E-state index contributed by atoms with van der Waals surface area (Å²) in [5, 5.41) is 21.0. The van der Waals surface area contributed by atoms with Crippen molar-refractivity contribution >= 4 is 0 Å². The maximum absolute atomic E-state index is 10.5. The number of ether oxygens (including phenoxy) is 4. The third kappa shape index (κ3) is 3.24. The normalized spacial score (nSPS) is 34.3. The number of fused-ring (bicyclic) bond motifs is 1. The molecule has 1 aromatic heterocycles. The van der Waals surface area contributed by atoms with Gasteiger partial charge in [-0.2, -0.15) is 0 Å². The van der Waals surface area contributed by atoms with Crippen molar-refractivity contribution < 1.29 is 33.6 Å². The summed E-state index contributed by atoms with van der Waals surface area (Å²) in [4.78, 5) is 0. The van der Waals surface area contributed by atoms with Gasteiger partial charge in [0.25, 0.3) is 0 Å². The molecule has 2 fully saturated rings. The predicted molar refractivity (Wildman–Crippen MR) is 89.5 cm³/mol. The van der Waals surface area contributed by atoms with Crippen molar-refractivity contribution in [3.8, 4) is 5.75 Å². The Kier molecular flexibility index (Phi) is 4.73. The van der Waals surface area contributed by atoms with Gasteiger partial charge in [-0.3, -0.25) is 0 Å². The standard InChI is InChI=1S/C19H22O7/c1-10-5-6-12(11(2)8-10)24-19-16(21)15(20)17-14(25-19)9-23-18(26-17)13-4-3-7-22-13/h3-8,14-21H,9H2,1-2H3. The molecule has 7 heteroatoms. The first-order valence-corrected chi connectivity index (χ1v) is 8.59. The molecule has 2 aliphatic heterocycles. The Labute approximate surface area is 151 Å². The van der Waals surface area contributed by atoms with Gasteiger partial charge in [0, 0.05) is 0 Å². The molecule has 0 radical (unpaired) electrons. The van der Waals surface area contributed by atoms with Crippen LogP contribution in [0.5, 0.6) is 5.75 Å². The molecule has 1 aromatic carbocycles. The molecule has 0 spiro atoms. The van der Waals surface area contributed by atoms with Crippen LogP contribution in [0.4, 0.5) is 0 Å². The fourth-order valence-electron chi connectivity index (χ4n) is 3.30. The van der Waals surface area contributed by atoms with Crippen LogP contribution in [0.3, 0.4) is 0 Å². The van der Waals surface area contributed by atoms with E-state index in [2.05, 4.69) is 0 Å². The zero-order valence-corrected chi connectivity index (χ0v) is 14.6. The molecule has 2 aliphatic rings. The second-order valence-electron chi connectivity index (χ2n) is 6.69. The molecule has 26 heavy (non-hydrogen) atoms. The Morgan fingerprint density at radius 1 is 1.08 bits per heavy atom. The lowest BCUT2D eigenvalue weighted by Gasteiger charge is -2.45.